The second-order valence-corrected chi connectivity index (χ2v) is 5.59. The largest absolute Gasteiger partial charge is 0.395 e. The van der Waals surface area contributed by atoms with E-state index in [-0.39, 0.29) is 22.3 Å². The summed E-state index contributed by atoms with van der Waals surface area (Å²) in [6.07, 6.45) is 0.915. The van der Waals surface area contributed by atoms with Crippen LogP contribution in [0.5, 0.6) is 0 Å². The molecule has 3 atom stereocenters. The number of hydrogen-bond acceptors (Lipinski definition) is 5. The van der Waals surface area contributed by atoms with E-state index in [1.165, 1.54) is 22.5 Å². The van der Waals surface area contributed by atoms with Gasteiger partial charge in [-0.1, -0.05) is 11.6 Å². The minimum Gasteiger partial charge on any atom is -0.395 e. The molecular formula is C9H11ClN2O4S. The number of aromatic amines is 1. The molecule has 94 valence electrons. The van der Waals surface area contributed by atoms with E-state index in [4.69, 9.17) is 16.7 Å². The lowest BCUT2D eigenvalue weighted by molar-refractivity contribution is 0.137. The smallest absolute Gasteiger partial charge is 0.329 e. The molecule has 0 bridgehead atoms. The monoisotopic (exact) mass is 278 g/mol. The van der Waals surface area contributed by atoms with Gasteiger partial charge in [-0.25, -0.2) is 4.79 Å². The molecular weight excluding hydrogens is 268 g/mol. The molecule has 8 heteroatoms. The molecule has 1 fully saturated rings. The molecule has 0 spiro atoms. The third-order valence-corrected chi connectivity index (χ3v) is 4.43. The van der Waals surface area contributed by atoms with Crippen LogP contribution in [-0.2, 0) is 0 Å². The SMILES string of the molecule is O=c1[nH]c(=O)n([C@@H]2CC(O)[C@@H](CO)S2)cc1Cl. The summed E-state index contributed by atoms with van der Waals surface area (Å²) in [6.45, 7) is -0.159. The van der Waals surface area contributed by atoms with Gasteiger partial charge in [-0.15, -0.1) is 11.8 Å². The van der Waals surface area contributed by atoms with Crippen LogP contribution in [0.25, 0.3) is 0 Å². The molecule has 1 aromatic heterocycles. The van der Waals surface area contributed by atoms with Crippen molar-refractivity contribution in [1.29, 1.82) is 0 Å². The molecule has 1 saturated heterocycles. The molecule has 6 nitrogen and oxygen atoms in total. The van der Waals surface area contributed by atoms with Crippen LogP contribution < -0.4 is 11.2 Å². The predicted molar refractivity (Wildman–Crippen MR) is 64.5 cm³/mol. The number of thioether (sulfide) groups is 1. The van der Waals surface area contributed by atoms with Gasteiger partial charge in [0.05, 0.1) is 23.3 Å². The molecule has 1 aliphatic rings. The lowest BCUT2D eigenvalue weighted by atomic mass is 10.2. The van der Waals surface area contributed by atoms with Gasteiger partial charge < -0.3 is 10.2 Å². The average molecular weight is 279 g/mol. The second-order valence-electron chi connectivity index (χ2n) is 3.76. The van der Waals surface area contributed by atoms with Crippen molar-refractivity contribution in [1.82, 2.24) is 9.55 Å². The lowest BCUT2D eigenvalue weighted by Gasteiger charge is -2.12. The number of rotatable bonds is 2. The molecule has 0 saturated carbocycles. The summed E-state index contributed by atoms with van der Waals surface area (Å²) in [5.74, 6) is 0. The molecule has 2 heterocycles. The van der Waals surface area contributed by atoms with E-state index in [0.29, 0.717) is 6.42 Å². The van der Waals surface area contributed by atoms with Crippen molar-refractivity contribution in [2.75, 3.05) is 6.61 Å². The number of aliphatic hydroxyl groups is 2. The van der Waals surface area contributed by atoms with Gasteiger partial charge in [0.2, 0.25) is 0 Å². The molecule has 1 unspecified atom stereocenters. The first-order valence-corrected chi connectivity index (χ1v) is 6.30. The van der Waals surface area contributed by atoms with Crippen molar-refractivity contribution in [3.05, 3.63) is 32.1 Å². The van der Waals surface area contributed by atoms with E-state index in [1.807, 2.05) is 0 Å². The maximum absolute atomic E-state index is 11.6. The molecule has 17 heavy (non-hydrogen) atoms. The summed E-state index contributed by atoms with van der Waals surface area (Å²) in [5.41, 5.74) is -1.20. The zero-order valence-electron chi connectivity index (χ0n) is 8.67. The fourth-order valence-corrected chi connectivity index (χ4v) is 3.26. The number of aromatic nitrogens is 2. The van der Waals surface area contributed by atoms with Gasteiger partial charge in [-0.05, 0) is 0 Å². The number of H-pyrrole nitrogens is 1. The summed E-state index contributed by atoms with van der Waals surface area (Å²) < 4.78 is 1.27. The molecule has 0 aromatic carbocycles. The first-order valence-electron chi connectivity index (χ1n) is 4.98. The van der Waals surface area contributed by atoms with Gasteiger partial charge in [-0.3, -0.25) is 14.3 Å². The Hall–Kier alpha value is -0.760. The summed E-state index contributed by atoms with van der Waals surface area (Å²) >= 11 is 6.93. The van der Waals surface area contributed by atoms with Crippen LogP contribution in [0.1, 0.15) is 11.8 Å². The minimum absolute atomic E-state index is 0.0767. The van der Waals surface area contributed by atoms with E-state index in [0.717, 1.165) is 0 Å². The number of nitrogens with one attached hydrogen (secondary N) is 1. The molecule has 3 N–H and O–H groups in total. The van der Waals surface area contributed by atoms with Gasteiger partial charge >= 0.3 is 5.69 Å². The number of hydrogen-bond donors (Lipinski definition) is 3. The molecule has 1 aliphatic heterocycles. The first kappa shape index (κ1) is 12.7. The topological polar surface area (TPSA) is 95.3 Å². The Morgan fingerprint density at radius 3 is 2.88 bits per heavy atom. The highest BCUT2D eigenvalue weighted by Crippen LogP contribution is 2.40. The minimum atomic E-state index is -0.674. The molecule has 0 aliphatic carbocycles. The Kier molecular flexibility index (Phi) is 3.62. The third-order valence-electron chi connectivity index (χ3n) is 2.62. The van der Waals surface area contributed by atoms with Crippen LogP contribution in [0.4, 0.5) is 0 Å². The van der Waals surface area contributed by atoms with Gasteiger partial charge in [0.1, 0.15) is 5.02 Å². The van der Waals surface area contributed by atoms with Crippen LogP contribution in [-0.4, -0.2) is 37.7 Å². The summed E-state index contributed by atoms with van der Waals surface area (Å²) in [4.78, 5) is 24.8. The van der Waals surface area contributed by atoms with Crippen LogP contribution in [0.2, 0.25) is 5.02 Å². The Labute approximate surface area is 105 Å². The van der Waals surface area contributed by atoms with E-state index in [1.54, 1.807) is 0 Å². The average Bonchev–Trinajstić information content (AvgIpc) is 2.65. The van der Waals surface area contributed by atoms with E-state index < -0.39 is 17.4 Å². The summed E-state index contributed by atoms with van der Waals surface area (Å²) in [7, 11) is 0. The summed E-state index contributed by atoms with van der Waals surface area (Å²) in [6, 6.07) is 0. The standard InChI is InChI=1S/C9H11ClN2O4S/c10-4-2-12(9(16)11-8(4)15)7-1-5(14)6(3-13)17-7/h2,5-7,13-14H,1,3H2,(H,11,15,16)/t5?,6-,7+/m1/s1. The van der Waals surface area contributed by atoms with Crippen molar-refractivity contribution in [3.8, 4) is 0 Å². The highest BCUT2D eigenvalue weighted by molar-refractivity contribution is 8.00. The van der Waals surface area contributed by atoms with E-state index in [2.05, 4.69) is 4.98 Å². The summed E-state index contributed by atoms with van der Waals surface area (Å²) in [5, 5.41) is 17.9. The fourth-order valence-electron chi connectivity index (χ4n) is 1.72. The van der Waals surface area contributed by atoms with Crippen LogP contribution in [0.15, 0.2) is 15.8 Å². The van der Waals surface area contributed by atoms with Crippen molar-refractivity contribution in [2.24, 2.45) is 0 Å². The Balaban J connectivity index is 2.34. The number of nitrogens with zero attached hydrogens (tertiary/aromatic N) is 1. The molecule has 1 aromatic rings. The van der Waals surface area contributed by atoms with Crippen LogP contribution >= 0.6 is 23.4 Å². The normalized spacial score (nSPS) is 28.5. The van der Waals surface area contributed by atoms with Gasteiger partial charge in [0, 0.05) is 12.6 Å². The Morgan fingerprint density at radius 2 is 2.29 bits per heavy atom. The predicted octanol–water partition coefficient (Wildman–Crippen LogP) is -0.453. The molecule has 0 amide bonds. The highest BCUT2D eigenvalue weighted by atomic mass is 35.5. The molecule has 0 radical (unpaired) electrons. The molecule has 2 rings (SSSR count). The Bertz CT molecular complexity index is 528. The quantitative estimate of drug-likeness (QED) is 0.681. The fraction of sp³-hybridized carbons (Fsp3) is 0.556. The maximum atomic E-state index is 11.6. The van der Waals surface area contributed by atoms with Crippen molar-refractivity contribution in [3.63, 3.8) is 0 Å². The van der Waals surface area contributed by atoms with Crippen molar-refractivity contribution < 1.29 is 10.2 Å². The van der Waals surface area contributed by atoms with Gasteiger partial charge in [-0.2, -0.15) is 0 Å². The maximum Gasteiger partial charge on any atom is 0.329 e. The van der Waals surface area contributed by atoms with Gasteiger partial charge in [0.15, 0.2) is 0 Å². The highest BCUT2D eigenvalue weighted by Gasteiger charge is 2.34. The lowest BCUT2D eigenvalue weighted by Crippen LogP contribution is -2.31. The van der Waals surface area contributed by atoms with Crippen LogP contribution in [0, 0.1) is 0 Å². The first-order chi connectivity index (χ1) is 8.02. The van der Waals surface area contributed by atoms with E-state index in [9.17, 15) is 14.7 Å². The van der Waals surface area contributed by atoms with Crippen molar-refractivity contribution >= 4 is 23.4 Å². The third kappa shape index (κ3) is 2.42. The second kappa shape index (κ2) is 4.85. The van der Waals surface area contributed by atoms with Gasteiger partial charge in [0.25, 0.3) is 5.56 Å². The zero-order chi connectivity index (χ0) is 12.6. The number of halogens is 1. The number of aliphatic hydroxyl groups excluding tert-OH is 2. The zero-order valence-corrected chi connectivity index (χ0v) is 10.2. The Morgan fingerprint density at radius 1 is 1.59 bits per heavy atom. The van der Waals surface area contributed by atoms with Crippen molar-refractivity contribution in [2.45, 2.75) is 23.1 Å². The van der Waals surface area contributed by atoms with E-state index >= 15 is 0 Å². The van der Waals surface area contributed by atoms with Crippen LogP contribution in [0.3, 0.4) is 0 Å².